The Labute approximate surface area is 241 Å². The first-order valence-corrected chi connectivity index (χ1v) is 14.9. The maximum Gasteiger partial charge on any atom is 0.309 e. The van der Waals surface area contributed by atoms with Crippen LogP contribution in [0.25, 0.3) is 0 Å². The van der Waals surface area contributed by atoms with E-state index < -0.39 is 23.4 Å². The lowest BCUT2D eigenvalue weighted by Gasteiger charge is -2.47. The minimum absolute atomic E-state index is 0.0327. The molecule has 5 rings (SSSR count). The minimum atomic E-state index is -0.760. The molecular formula is C31H43FN4O5. The summed E-state index contributed by atoms with van der Waals surface area (Å²) in [4.78, 5) is 55.5. The summed E-state index contributed by atoms with van der Waals surface area (Å²) in [5.41, 5.74) is 0.535. The lowest BCUT2D eigenvalue weighted by molar-refractivity contribution is -0.163. The molecule has 0 spiro atoms. The van der Waals surface area contributed by atoms with Gasteiger partial charge in [-0.25, -0.2) is 4.39 Å². The number of halogens is 1. The first-order valence-electron chi connectivity index (χ1n) is 14.9. The molecule has 0 saturated carbocycles. The molecule has 4 aliphatic rings. The lowest BCUT2D eigenvalue weighted by Crippen LogP contribution is -2.54. The van der Waals surface area contributed by atoms with Gasteiger partial charge >= 0.3 is 5.97 Å². The summed E-state index contributed by atoms with van der Waals surface area (Å²) in [6.07, 6.45) is 3.85. The summed E-state index contributed by atoms with van der Waals surface area (Å²) in [5, 5.41) is 2.29. The van der Waals surface area contributed by atoms with Gasteiger partial charge in [-0.05, 0) is 91.3 Å². The van der Waals surface area contributed by atoms with Crippen molar-refractivity contribution in [2.24, 2.45) is 11.8 Å². The number of carbonyl (C=O) groups is 4. The summed E-state index contributed by atoms with van der Waals surface area (Å²) >= 11 is 0. The van der Waals surface area contributed by atoms with Gasteiger partial charge in [-0.1, -0.05) is 0 Å². The van der Waals surface area contributed by atoms with Crippen LogP contribution in [0.1, 0.15) is 89.1 Å². The molecule has 1 N–H and O–H groups in total. The highest BCUT2D eigenvalue weighted by Crippen LogP contribution is 2.37. The molecule has 1 aromatic rings. The molecule has 224 valence electrons. The first-order chi connectivity index (χ1) is 19.2. The summed E-state index contributed by atoms with van der Waals surface area (Å²) in [6, 6.07) is 2.60. The van der Waals surface area contributed by atoms with Crippen molar-refractivity contribution in [3.05, 3.63) is 29.1 Å². The highest BCUT2D eigenvalue weighted by molar-refractivity contribution is 6.05. The van der Waals surface area contributed by atoms with E-state index in [0.717, 1.165) is 51.9 Å². The zero-order chi connectivity index (χ0) is 29.7. The summed E-state index contributed by atoms with van der Waals surface area (Å²) in [7, 11) is 0. The van der Waals surface area contributed by atoms with Crippen LogP contribution in [0.3, 0.4) is 0 Å². The molecule has 3 fully saturated rings. The number of ether oxygens (including phenoxy) is 1. The molecule has 0 aromatic heterocycles. The van der Waals surface area contributed by atoms with Crippen molar-refractivity contribution in [1.29, 1.82) is 0 Å². The zero-order valence-electron chi connectivity index (χ0n) is 24.9. The number of nitrogens with one attached hydrogen (secondary N) is 1. The Balaban J connectivity index is 1.17. The van der Waals surface area contributed by atoms with Crippen LogP contribution >= 0.6 is 0 Å². The molecule has 9 nitrogen and oxygen atoms in total. The van der Waals surface area contributed by atoms with Crippen LogP contribution in [0.4, 0.5) is 10.1 Å². The van der Waals surface area contributed by atoms with Gasteiger partial charge in [0.15, 0.2) is 5.82 Å². The molecule has 10 heteroatoms. The van der Waals surface area contributed by atoms with Gasteiger partial charge in [0, 0.05) is 42.7 Å². The number of rotatable bonds is 5. The third kappa shape index (κ3) is 6.12. The van der Waals surface area contributed by atoms with E-state index in [0.29, 0.717) is 22.7 Å². The van der Waals surface area contributed by atoms with Gasteiger partial charge < -0.3 is 14.5 Å². The Bertz CT molecular complexity index is 1230. The van der Waals surface area contributed by atoms with Crippen molar-refractivity contribution >= 4 is 29.4 Å². The topological polar surface area (TPSA) is 99.3 Å². The molecule has 3 amide bonds. The molecule has 4 aliphatic heterocycles. The van der Waals surface area contributed by atoms with Crippen LogP contribution in [0, 0.1) is 17.7 Å². The molecule has 2 atom stereocenters. The number of amides is 3. The number of anilines is 1. The highest BCUT2D eigenvalue weighted by Gasteiger charge is 2.42. The Morgan fingerprint density at radius 1 is 1.07 bits per heavy atom. The van der Waals surface area contributed by atoms with Crippen LogP contribution in [0.2, 0.25) is 0 Å². The number of imide groups is 1. The number of nitrogens with zero attached hydrogens (tertiary/aromatic N) is 3. The normalized spacial score (nSPS) is 25.8. The average Bonchev–Trinajstić information content (AvgIpc) is 3.22. The van der Waals surface area contributed by atoms with E-state index in [4.69, 9.17) is 4.74 Å². The van der Waals surface area contributed by atoms with Crippen LogP contribution in [-0.2, 0) is 25.7 Å². The number of piperidine rings is 3. The van der Waals surface area contributed by atoms with Gasteiger partial charge in [0.2, 0.25) is 11.8 Å². The van der Waals surface area contributed by atoms with Gasteiger partial charge in [-0.2, -0.15) is 0 Å². The second-order valence-electron chi connectivity index (χ2n) is 13.7. The Hall–Kier alpha value is -3.01. The predicted octanol–water partition coefficient (Wildman–Crippen LogP) is 3.64. The second kappa shape index (κ2) is 11.0. The fourth-order valence-electron chi connectivity index (χ4n) is 6.88. The van der Waals surface area contributed by atoms with E-state index in [1.165, 1.54) is 4.90 Å². The van der Waals surface area contributed by atoms with Crippen molar-refractivity contribution in [1.82, 2.24) is 15.1 Å². The summed E-state index contributed by atoms with van der Waals surface area (Å²) in [5.74, 6) is -1.31. The van der Waals surface area contributed by atoms with E-state index in [2.05, 4.69) is 29.0 Å². The number of likely N-dealkylation sites (tertiary alicyclic amines) is 1. The van der Waals surface area contributed by atoms with E-state index in [9.17, 15) is 19.2 Å². The lowest BCUT2D eigenvalue weighted by atomic mass is 9.81. The Morgan fingerprint density at radius 3 is 2.41 bits per heavy atom. The van der Waals surface area contributed by atoms with E-state index in [1.54, 1.807) is 12.1 Å². The van der Waals surface area contributed by atoms with Crippen LogP contribution in [-0.4, -0.2) is 76.9 Å². The molecule has 0 bridgehead atoms. The van der Waals surface area contributed by atoms with Gasteiger partial charge in [-0.15, -0.1) is 0 Å². The van der Waals surface area contributed by atoms with Crippen molar-refractivity contribution < 1.29 is 28.3 Å². The Morgan fingerprint density at radius 2 is 1.78 bits per heavy atom. The van der Waals surface area contributed by atoms with E-state index in [1.807, 2.05) is 20.8 Å². The SMILES string of the molecule is CC(C)(C)OC(=O)C1CCN(CC2CCN(c3ccc4c(c3F)CN(C3CCC(=O)NC3=O)C4=O)CC2)C(C)(C)C1. The maximum absolute atomic E-state index is 15.8. The standard InChI is InChI=1S/C31H43FN4O5/c1-30(2,3)41-29(40)20-12-15-35(31(4,5)16-20)17-19-10-13-34(14-11-19)23-7-6-21-22(26(23)32)18-36(28(21)39)24-8-9-25(37)33-27(24)38/h6-7,19-20,24H,8-18H2,1-5H3,(H,33,37,38). The number of fused-ring (bicyclic) bond motifs is 1. The monoisotopic (exact) mass is 570 g/mol. The Kier molecular flexibility index (Phi) is 7.91. The summed E-state index contributed by atoms with van der Waals surface area (Å²) in [6.45, 7) is 13.4. The van der Waals surface area contributed by atoms with Gasteiger partial charge in [-0.3, -0.25) is 29.4 Å². The molecule has 3 saturated heterocycles. The third-order valence-electron chi connectivity index (χ3n) is 9.15. The van der Waals surface area contributed by atoms with Crippen molar-refractivity contribution in [3.63, 3.8) is 0 Å². The number of benzene rings is 1. The van der Waals surface area contributed by atoms with Gasteiger partial charge in [0.25, 0.3) is 5.91 Å². The molecule has 1 aromatic carbocycles. The summed E-state index contributed by atoms with van der Waals surface area (Å²) < 4.78 is 21.4. The van der Waals surface area contributed by atoms with Crippen LogP contribution in [0.5, 0.6) is 0 Å². The van der Waals surface area contributed by atoms with Crippen LogP contribution < -0.4 is 10.2 Å². The fraction of sp³-hybridized carbons (Fsp3) is 0.677. The van der Waals surface area contributed by atoms with Crippen molar-refractivity contribution in [3.8, 4) is 0 Å². The van der Waals surface area contributed by atoms with E-state index in [-0.39, 0.29) is 48.6 Å². The molecule has 0 aliphatic carbocycles. The molecule has 41 heavy (non-hydrogen) atoms. The molecule has 0 radical (unpaired) electrons. The van der Waals surface area contributed by atoms with E-state index >= 15 is 4.39 Å². The van der Waals surface area contributed by atoms with Crippen molar-refractivity contribution in [2.45, 2.75) is 96.9 Å². The fourth-order valence-corrected chi connectivity index (χ4v) is 6.88. The van der Waals surface area contributed by atoms with Gasteiger partial charge in [0.1, 0.15) is 11.6 Å². The maximum atomic E-state index is 15.8. The molecule has 2 unspecified atom stereocenters. The van der Waals surface area contributed by atoms with Crippen molar-refractivity contribution in [2.75, 3.05) is 31.1 Å². The smallest absolute Gasteiger partial charge is 0.309 e. The number of hydrogen-bond donors (Lipinski definition) is 1. The number of carbonyl (C=O) groups excluding carboxylic acids is 4. The third-order valence-corrected chi connectivity index (χ3v) is 9.15. The second-order valence-corrected chi connectivity index (χ2v) is 13.7. The largest absolute Gasteiger partial charge is 0.460 e. The highest BCUT2D eigenvalue weighted by atomic mass is 19.1. The van der Waals surface area contributed by atoms with Crippen LogP contribution in [0.15, 0.2) is 12.1 Å². The molecule has 4 heterocycles. The number of esters is 1. The first kappa shape index (κ1) is 29.5. The average molecular weight is 571 g/mol. The predicted molar refractivity (Wildman–Crippen MR) is 152 cm³/mol. The van der Waals surface area contributed by atoms with Gasteiger partial charge in [0.05, 0.1) is 18.2 Å². The zero-order valence-corrected chi connectivity index (χ0v) is 24.9. The quantitative estimate of drug-likeness (QED) is 0.426. The molecular weight excluding hydrogens is 527 g/mol. The number of hydrogen-bond acceptors (Lipinski definition) is 7. The minimum Gasteiger partial charge on any atom is -0.460 e.